The second kappa shape index (κ2) is 4.61. The lowest BCUT2D eigenvalue weighted by atomic mass is 10.2. The van der Waals surface area contributed by atoms with Crippen molar-refractivity contribution in [1.82, 2.24) is 9.97 Å². The summed E-state index contributed by atoms with van der Waals surface area (Å²) in [6, 6.07) is 6.40. The van der Waals surface area contributed by atoms with E-state index in [0.29, 0.717) is 5.69 Å². The Labute approximate surface area is 97.5 Å². The minimum Gasteiger partial charge on any atom is -0.321 e. The second-order valence-electron chi connectivity index (χ2n) is 3.63. The summed E-state index contributed by atoms with van der Waals surface area (Å²) >= 11 is 0. The lowest BCUT2D eigenvalue weighted by Gasteiger charge is -2.04. The van der Waals surface area contributed by atoms with Crippen LogP contribution in [0.15, 0.2) is 41.5 Å². The molecule has 0 atom stereocenters. The highest BCUT2D eigenvalue weighted by atomic mass is 16.2. The molecule has 17 heavy (non-hydrogen) atoms. The number of carbonyl (C=O) groups is 1. The molecule has 2 rings (SSSR count). The maximum absolute atomic E-state index is 11.8. The van der Waals surface area contributed by atoms with Crippen LogP contribution in [0.5, 0.6) is 0 Å². The van der Waals surface area contributed by atoms with E-state index in [1.807, 2.05) is 0 Å². The van der Waals surface area contributed by atoms with Crippen molar-refractivity contribution in [2.45, 2.75) is 6.92 Å². The van der Waals surface area contributed by atoms with E-state index in [0.717, 1.165) is 5.56 Å². The highest BCUT2D eigenvalue weighted by Gasteiger charge is 2.07. The van der Waals surface area contributed by atoms with Crippen LogP contribution in [0.3, 0.4) is 0 Å². The second-order valence-corrected chi connectivity index (χ2v) is 3.63. The Kier molecular flexibility index (Phi) is 3.00. The Balaban J connectivity index is 2.23. The van der Waals surface area contributed by atoms with Gasteiger partial charge in [0.25, 0.3) is 5.91 Å². The van der Waals surface area contributed by atoms with Gasteiger partial charge in [0.1, 0.15) is 5.69 Å². The summed E-state index contributed by atoms with van der Waals surface area (Å²) < 4.78 is 0. The standard InChI is InChI=1S/C12H11N3O2/c1-8-6-10(15-11(16)7-8)12(17)14-9-2-4-13-5-3-9/h2-7H,1H3,(H,15,16)(H,13,14,17). The van der Waals surface area contributed by atoms with E-state index in [-0.39, 0.29) is 17.2 Å². The first-order valence-corrected chi connectivity index (χ1v) is 5.07. The highest BCUT2D eigenvalue weighted by molar-refractivity contribution is 6.02. The van der Waals surface area contributed by atoms with Crippen LogP contribution in [0.1, 0.15) is 16.1 Å². The number of rotatable bonds is 2. The molecular formula is C12H11N3O2. The number of hydrogen-bond acceptors (Lipinski definition) is 3. The maximum Gasteiger partial charge on any atom is 0.272 e. The molecule has 0 saturated carbocycles. The van der Waals surface area contributed by atoms with Gasteiger partial charge in [-0.25, -0.2) is 0 Å². The van der Waals surface area contributed by atoms with Crippen molar-refractivity contribution in [2.24, 2.45) is 0 Å². The Morgan fingerprint density at radius 3 is 2.65 bits per heavy atom. The van der Waals surface area contributed by atoms with Gasteiger partial charge in [0.05, 0.1) is 0 Å². The molecular weight excluding hydrogens is 218 g/mol. The van der Waals surface area contributed by atoms with E-state index < -0.39 is 0 Å². The zero-order chi connectivity index (χ0) is 12.3. The van der Waals surface area contributed by atoms with Crippen LogP contribution in [0, 0.1) is 6.92 Å². The molecule has 1 amide bonds. The molecule has 0 aromatic carbocycles. The minimum atomic E-state index is -0.350. The number of nitrogens with zero attached hydrogens (tertiary/aromatic N) is 1. The van der Waals surface area contributed by atoms with Crippen molar-refractivity contribution in [3.63, 3.8) is 0 Å². The minimum absolute atomic E-state index is 0.242. The summed E-state index contributed by atoms with van der Waals surface area (Å²) in [6.07, 6.45) is 3.16. The summed E-state index contributed by atoms with van der Waals surface area (Å²) in [5.41, 5.74) is 1.33. The van der Waals surface area contributed by atoms with Crippen LogP contribution in [-0.4, -0.2) is 15.9 Å². The molecule has 2 aromatic heterocycles. The first-order chi connectivity index (χ1) is 8.15. The molecule has 0 saturated heterocycles. The van der Waals surface area contributed by atoms with Crippen LogP contribution in [0.25, 0.3) is 0 Å². The molecule has 0 aliphatic rings. The van der Waals surface area contributed by atoms with Gasteiger partial charge in [-0.15, -0.1) is 0 Å². The number of carbonyl (C=O) groups excluding carboxylic acids is 1. The predicted molar refractivity (Wildman–Crippen MR) is 64.0 cm³/mol. The van der Waals surface area contributed by atoms with Gasteiger partial charge in [0.15, 0.2) is 0 Å². The Bertz CT molecular complexity index is 590. The van der Waals surface area contributed by atoms with E-state index >= 15 is 0 Å². The van der Waals surface area contributed by atoms with Crippen LogP contribution in [0.4, 0.5) is 5.69 Å². The predicted octanol–water partition coefficient (Wildman–Crippen LogP) is 1.33. The molecule has 5 heteroatoms. The van der Waals surface area contributed by atoms with Gasteiger partial charge in [-0.2, -0.15) is 0 Å². The Hall–Kier alpha value is -2.43. The lowest BCUT2D eigenvalue weighted by molar-refractivity contribution is 0.102. The summed E-state index contributed by atoms with van der Waals surface area (Å²) in [4.78, 5) is 29.4. The molecule has 2 heterocycles. The number of pyridine rings is 2. The Morgan fingerprint density at radius 1 is 1.29 bits per heavy atom. The first kappa shape index (κ1) is 11.1. The van der Waals surface area contributed by atoms with Crippen molar-refractivity contribution in [3.05, 3.63) is 58.3 Å². The van der Waals surface area contributed by atoms with Crippen LogP contribution in [0.2, 0.25) is 0 Å². The summed E-state index contributed by atoms with van der Waals surface area (Å²) in [7, 11) is 0. The van der Waals surface area contributed by atoms with Crippen molar-refractivity contribution >= 4 is 11.6 Å². The van der Waals surface area contributed by atoms with Crippen molar-refractivity contribution in [3.8, 4) is 0 Å². The van der Waals surface area contributed by atoms with Gasteiger partial charge in [-0.05, 0) is 30.7 Å². The molecule has 86 valence electrons. The van der Waals surface area contributed by atoms with Gasteiger partial charge in [0.2, 0.25) is 5.56 Å². The number of H-pyrrole nitrogens is 1. The van der Waals surface area contributed by atoms with E-state index in [1.54, 1.807) is 37.5 Å². The van der Waals surface area contributed by atoms with Crippen LogP contribution < -0.4 is 10.9 Å². The SMILES string of the molecule is Cc1cc(C(=O)Nc2ccncc2)[nH]c(=O)c1. The molecule has 0 bridgehead atoms. The monoisotopic (exact) mass is 229 g/mol. The summed E-state index contributed by atoms with van der Waals surface area (Å²) in [6.45, 7) is 1.76. The quantitative estimate of drug-likeness (QED) is 0.815. The lowest BCUT2D eigenvalue weighted by Crippen LogP contribution is -2.18. The highest BCUT2D eigenvalue weighted by Crippen LogP contribution is 2.06. The molecule has 0 aliphatic heterocycles. The third-order valence-corrected chi connectivity index (χ3v) is 2.17. The van der Waals surface area contributed by atoms with Gasteiger partial charge in [-0.3, -0.25) is 14.6 Å². The zero-order valence-corrected chi connectivity index (χ0v) is 9.23. The summed E-state index contributed by atoms with van der Waals surface area (Å²) in [5.74, 6) is -0.350. The number of nitrogens with one attached hydrogen (secondary N) is 2. The molecule has 0 aliphatic carbocycles. The van der Waals surface area contributed by atoms with E-state index in [2.05, 4.69) is 15.3 Å². The van der Waals surface area contributed by atoms with Crippen molar-refractivity contribution in [2.75, 3.05) is 5.32 Å². The van der Waals surface area contributed by atoms with E-state index in [9.17, 15) is 9.59 Å². The first-order valence-electron chi connectivity index (χ1n) is 5.07. The fourth-order valence-electron chi connectivity index (χ4n) is 1.44. The van der Waals surface area contributed by atoms with Gasteiger partial charge in [0, 0.05) is 24.1 Å². The van der Waals surface area contributed by atoms with Crippen molar-refractivity contribution < 1.29 is 4.79 Å². The van der Waals surface area contributed by atoms with E-state index in [4.69, 9.17) is 0 Å². The van der Waals surface area contributed by atoms with E-state index in [1.165, 1.54) is 6.07 Å². The smallest absolute Gasteiger partial charge is 0.272 e. The van der Waals surface area contributed by atoms with Gasteiger partial charge < -0.3 is 10.3 Å². The molecule has 2 N–H and O–H groups in total. The fourth-order valence-corrected chi connectivity index (χ4v) is 1.44. The number of aromatic amines is 1. The third-order valence-electron chi connectivity index (χ3n) is 2.17. The zero-order valence-electron chi connectivity index (χ0n) is 9.23. The van der Waals surface area contributed by atoms with Gasteiger partial charge in [-0.1, -0.05) is 0 Å². The Morgan fingerprint density at radius 2 is 2.00 bits per heavy atom. The number of amides is 1. The van der Waals surface area contributed by atoms with Crippen LogP contribution in [-0.2, 0) is 0 Å². The largest absolute Gasteiger partial charge is 0.321 e. The molecule has 0 radical (unpaired) electrons. The topological polar surface area (TPSA) is 74.8 Å². The molecule has 0 unspecified atom stereocenters. The number of aromatic nitrogens is 2. The number of aryl methyl sites for hydroxylation is 1. The fraction of sp³-hybridized carbons (Fsp3) is 0.0833. The third kappa shape index (κ3) is 2.78. The normalized spacial score (nSPS) is 9.94. The number of hydrogen-bond donors (Lipinski definition) is 2. The van der Waals surface area contributed by atoms with Gasteiger partial charge >= 0.3 is 0 Å². The summed E-state index contributed by atoms with van der Waals surface area (Å²) in [5, 5.41) is 2.66. The maximum atomic E-state index is 11.8. The number of anilines is 1. The van der Waals surface area contributed by atoms with Crippen LogP contribution >= 0.6 is 0 Å². The average molecular weight is 229 g/mol. The molecule has 2 aromatic rings. The molecule has 0 fully saturated rings. The van der Waals surface area contributed by atoms with Crippen molar-refractivity contribution in [1.29, 1.82) is 0 Å². The molecule has 5 nitrogen and oxygen atoms in total. The molecule has 0 spiro atoms. The average Bonchev–Trinajstić information content (AvgIpc) is 2.29.